The van der Waals surface area contributed by atoms with Crippen molar-refractivity contribution in [2.45, 2.75) is 25.8 Å². The molecule has 4 N–H and O–H groups in total. The fourth-order valence-electron chi connectivity index (χ4n) is 2.61. The largest absolute Gasteiger partial charge is 0.371 e. The average Bonchev–Trinajstić information content (AvgIpc) is 2.38. The zero-order valence-corrected chi connectivity index (χ0v) is 10.9. The normalized spacial score (nSPS) is 16.6. The zero-order chi connectivity index (χ0) is 13.8. The molecule has 1 saturated heterocycles. The fraction of sp³-hybridized carbons (Fsp3) is 0.500. The van der Waals surface area contributed by atoms with E-state index in [0.29, 0.717) is 18.9 Å². The van der Waals surface area contributed by atoms with Crippen molar-refractivity contribution >= 4 is 11.6 Å². The Morgan fingerprint density at radius 2 is 2.00 bits per heavy atom. The highest BCUT2D eigenvalue weighted by Gasteiger charge is 2.21. The molecule has 0 bridgehead atoms. The number of halogens is 1. The number of amides is 1. The van der Waals surface area contributed by atoms with E-state index in [0.717, 1.165) is 37.2 Å². The zero-order valence-electron chi connectivity index (χ0n) is 10.9. The molecule has 1 aliphatic rings. The lowest BCUT2D eigenvalue weighted by Crippen LogP contribution is -2.35. The molecule has 0 saturated carbocycles. The molecule has 0 radical (unpaired) electrons. The Bertz CT molecular complexity index is 456. The predicted molar refractivity (Wildman–Crippen MR) is 73.0 cm³/mol. The number of piperidine rings is 1. The maximum absolute atomic E-state index is 13.5. The van der Waals surface area contributed by atoms with Gasteiger partial charge in [0.25, 0.3) is 0 Å². The van der Waals surface area contributed by atoms with Crippen molar-refractivity contribution in [2.75, 3.05) is 18.0 Å². The Hall–Kier alpha value is -1.62. The maximum atomic E-state index is 13.5. The van der Waals surface area contributed by atoms with E-state index in [1.54, 1.807) is 0 Å². The van der Waals surface area contributed by atoms with Crippen LogP contribution in [0.25, 0.3) is 0 Å². The SMILES string of the molecule is NCc1cc(F)cc(N2CCC(CC(N)=O)CC2)c1. The molecule has 5 heteroatoms. The summed E-state index contributed by atoms with van der Waals surface area (Å²) in [5.74, 6) is -0.136. The first-order valence-electron chi connectivity index (χ1n) is 6.61. The van der Waals surface area contributed by atoms with Crippen molar-refractivity contribution in [3.8, 4) is 0 Å². The smallest absolute Gasteiger partial charge is 0.217 e. The molecule has 19 heavy (non-hydrogen) atoms. The van der Waals surface area contributed by atoms with Gasteiger partial charge in [-0.2, -0.15) is 0 Å². The highest BCUT2D eigenvalue weighted by molar-refractivity contribution is 5.74. The molecule has 0 aromatic heterocycles. The van der Waals surface area contributed by atoms with E-state index in [4.69, 9.17) is 11.5 Å². The van der Waals surface area contributed by atoms with Crippen molar-refractivity contribution in [1.29, 1.82) is 0 Å². The molecular weight excluding hydrogens is 245 g/mol. The molecule has 1 fully saturated rings. The van der Waals surface area contributed by atoms with Gasteiger partial charge < -0.3 is 16.4 Å². The molecule has 2 rings (SSSR count). The van der Waals surface area contributed by atoms with E-state index >= 15 is 0 Å². The van der Waals surface area contributed by atoms with Gasteiger partial charge in [0.05, 0.1) is 0 Å². The summed E-state index contributed by atoms with van der Waals surface area (Å²) >= 11 is 0. The minimum Gasteiger partial charge on any atom is -0.371 e. The van der Waals surface area contributed by atoms with Crippen LogP contribution in [0.4, 0.5) is 10.1 Å². The number of hydrogen-bond donors (Lipinski definition) is 2. The summed E-state index contributed by atoms with van der Waals surface area (Å²) in [6.07, 6.45) is 2.28. The molecule has 0 atom stereocenters. The standard InChI is InChI=1S/C14H20FN3O/c15-12-5-11(9-16)6-13(8-12)18-3-1-10(2-4-18)7-14(17)19/h5-6,8,10H,1-4,7,9,16H2,(H2,17,19). The summed E-state index contributed by atoms with van der Waals surface area (Å²) in [7, 11) is 0. The summed E-state index contributed by atoms with van der Waals surface area (Å²) in [6.45, 7) is 1.99. The van der Waals surface area contributed by atoms with Crippen LogP contribution in [-0.4, -0.2) is 19.0 Å². The fourth-order valence-corrected chi connectivity index (χ4v) is 2.61. The van der Waals surface area contributed by atoms with Crippen molar-refractivity contribution in [3.63, 3.8) is 0 Å². The summed E-state index contributed by atoms with van der Waals surface area (Å²) < 4.78 is 13.5. The van der Waals surface area contributed by atoms with Crippen LogP contribution in [0.3, 0.4) is 0 Å². The first-order valence-corrected chi connectivity index (χ1v) is 6.61. The van der Waals surface area contributed by atoms with Crippen LogP contribution >= 0.6 is 0 Å². The highest BCUT2D eigenvalue weighted by atomic mass is 19.1. The molecule has 104 valence electrons. The van der Waals surface area contributed by atoms with E-state index in [2.05, 4.69) is 4.90 Å². The summed E-state index contributed by atoms with van der Waals surface area (Å²) in [5.41, 5.74) is 12.4. The number of benzene rings is 1. The number of anilines is 1. The molecule has 4 nitrogen and oxygen atoms in total. The summed E-state index contributed by atoms with van der Waals surface area (Å²) in [4.78, 5) is 13.0. The van der Waals surface area contributed by atoms with Crippen LogP contribution in [0.5, 0.6) is 0 Å². The minimum absolute atomic E-state index is 0.241. The molecule has 1 aliphatic heterocycles. The van der Waals surface area contributed by atoms with Crippen LogP contribution in [0.2, 0.25) is 0 Å². The van der Waals surface area contributed by atoms with Crippen LogP contribution in [-0.2, 0) is 11.3 Å². The van der Waals surface area contributed by atoms with Gasteiger partial charge >= 0.3 is 0 Å². The third-order valence-electron chi connectivity index (χ3n) is 3.65. The molecular formula is C14H20FN3O. The first kappa shape index (κ1) is 13.8. The van der Waals surface area contributed by atoms with Gasteiger partial charge in [-0.3, -0.25) is 4.79 Å². The summed E-state index contributed by atoms with van der Waals surface area (Å²) in [5, 5.41) is 0. The molecule has 0 spiro atoms. The lowest BCUT2D eigenvalue weighted by Gasteiger charge is -2.33. The van der Waals surface area contributed by atoms with Crippen LogP contribution in [0.15, 0.2) is 18.2 Å². The number of carbonyl (C=O) groups is 1. The van der Waals surface area contributed by atoms with E-state index < -0.39 is 0 Å². The number of nitrogens with zero attached hydrogens (tertiary/aromatic N) is 1. The van der Waals surface area contributed by atoms with Gasteiger partial charge in [-0.25, -0.2) is 4.39 Å². The molecule has 1 aromatic rings. The van der Waals surface area contributed by atoms with Gasteiger partial charge in [0.1, 0.15) is 5.82 Å². The first-order chi connectivity index (χ1) is 9.08. The van der Waals surface area contributed by atoms with Gasteiger partial charge in [-0.1, -0.05) is 0 Å². The predicted octanol–water partition coefficient (Wildman–Crippen LogP) is 1.38. The Morgan fingerprint density at radius 3 is 2.58 bits per heavy atom. The maximum Gasteiger partial charge on any atom is 0.217 e. The monoisotopic (exact) mass is 265 g/mol. The number of hydrogen-bond acceptors (Lipinski definition) is 3. The van der Waals surface area contributed by atoms with E-state index in [1.807, 2.05) is 6.07 Å². The van der Waals surface area contributed by atoms with Crippen molar-refractivity contribution in [1.82, 2.24) is 0 Å². The second-order valence-electron chi connectivity index (χ2n) is 5.12. The average molecular weight is 265 g/mol. The van der Waals surface area contributed by atoms with Crippen LogP contribution in [0.1, 0.15) is 24.8 Å². The Balaban J connectivity index is 2.01. The Kier molecular flexibility index (Phi) is 4.37. The van der Waals surface area contributed by atoms with Gasteiger partial charge in [0.15, 0.2) is 0 Å². The number of nitrogens with two attached hydrogens (primary N) is 2. The lowest BCUT2D eigenvalue weighted by atomic mass is 9.93. The van der Waals surface area contributed by atoms with Gasteiger partial charge in [0, 0.05) is 31.7 Å². The molecule has 1 heterocycles. The van der Waals surface area contributed by atoms with Gasteiger partial charge in [-0.15, -0.1) is 0 Å². The van der Waals surface area contributed by atoms with Gasteiger partial charge in [-0.05, 0) is 42.5 Å². The van der Waals surface area contributed by atoms with E-state index in [-0.39, 0.29) is 11.7 Å². The third-order valence-corrected chi connectivity index (χ3v) is 3.65. The lowest BCUT2D eigenvalue weighted by molar-refractivity contribution is -0.119. The second-order valence-corrected chi connectivity index (χ2v) is 5.12. The molecule has 1 aromatic carbocycles. The number of primary amides is 1. The quantitative estimate of drug-likeness (QED) is 0.863. The number of carbonyl (C=O) groups excluding carboxylic acids is 1. The van der Waals surface area contributed by atoms with Crippen LogP contribution in [0, 0.1) is 11.7 Å². The second kappa shape index (κ2) is 6.02. The molecule has 1 amide bonds. The van der Waals surface area contributed by atoms with Gasteiger partial charge in [0.2, 0.25) is 5.91 Å². The Morgan fingerprint density at radius 1 is 1.32 bits per heavy atom. The van der Waals surface area contributed by atoms with E-state index in [9.17, 15) is 9.18 Å². The Labute approximate surface area is 112 Å². The number of rotatable bonds is 4. The molecule has 0 unspecified atom stereocenters. The third kappa shape index (κ3) is 3.67. The van der Waals surface area contributed by atoms with Crippen molar-refractivity contribution in [3.05, 3.63) is 29.6 Å². The highest BCUT2D eigenvalue weighted by Crippen LogP contribution is 2.26. The summed E-state index contributed by atoms with van der Waals surface area (Å²) in [6, 6.07) is 4.93. The van der Waals surface area contributed by atoms with Crippen LogP contribution < -0.4 is 16.4 Å². The van der Waals surface area contributed by atoms with Crippen molar-refractivity contribution < 1.29 is 9.18 Å². The van der Waals surface area contributed by atoms with E-state index in [1.165, 1.54) is 12.1 Å². The minimum atomic E-state index is -0.253. The molecule has 0 aliphatic carbocycles. The topological polar surface area (TPSA) is 72.3 Å². The van der Waals surface area contributed by atoms with Crippen molar-refractivity contribution in [2.24, 2.45) is 17.4 Å².